The molecule has 0 aliphatic carbocycles. The number of allylic oxidation sites excluding steroid dienone is 1. The van der Waals surface area contributed by atoms with E-state index in [1.54, 1.807) is 18.2 Å². The summed E-state index contributed by atoms with van der Waals surface area (Å²) in [6.07, 6.45) is 1.70. The number of nitrogens with zero attached hydrogens (tertiary/aromatic N) is 2. The second kappa shape index (κ2) is 5.46. The van der Waals surface area contributed by atoms with E-state index in [0.29, 0.717) is 10.6 Å². The fraction of sp³-hybridized carbons (Fsp3) is 0.0714. The minimum Gasteiger partial charge on any atom is -0.478 e. The zero-order valence-electron chi connectivity index (χ0n) is 10.1. The zero-order valence-corrected chi connectivity index (χ0v) is 10.9. The molecule has 0 aliphatic heterocycles. The average Bonchev–Trinajstić information content (AvgIpc) is 2.83. The van der Waals surface area contributed by atoms with Gasteiger partial charge in [0.2, 0.25) is 0 Å². The summed E-state index contributed by atoms with van der Waals surface area (Å²) in [5.41, 5.74) is 2.35. The summed E-state index contributed by atoms with van der Waals surface area (Å²) >= 11 is 1.41. The van der Waals surface area contributed by atoms with Crippen LogP contribution < -0.4 is 0 Å². The predicted octanol–water partition coefficient (Wildman–Crippen LogP) is 3.21. The first-order valence-electron chi connectivity index (χ1n) is 5.48. The fourth-order valence-electron chi connectivity index (χ4n) is 1.51. The van der Waals surface area contributed by atoms with Crippen molar-refractivity contribution in [1.82, 2.24) is 4.98 Å². The Morgan fingerprint density at radius 1 is 1.42 bits per heavy atom. The number of carboxylic acid groups (broad SMARTS) is 1. The highest BCUT2D eigenvalue weighted by atomic mass is 32.1. The Balaban J connectivity index is 2.33. The Kier molecular flexibility index (Phi) is 3.74. The molecule has 1 N–H and O–H groups in total. The SMILES string of the molecule is Cc1csc(/C(C#N)=C\c2ccc(C(=O)O)cc2)n1. The van der Waals surface area contributed by atoms with E-state index in [-0.39, 0.29) is 5.56 Å². The molecule has 19 heavy (non-hydrogen) atoms. The summed E-state index contributed by atoms with van der Waals surface area (Å²) in [6.45, 7) is 1.87. The molecule has 2 aromatic rings. The molecule has 0 radical (unpaired) electrons. The number of nitriles is 1. The van der Waals surface area contributed by atoms with Crippen LogP contribution in [0.4, 0.5) is 0 Å². The van der Waals surface area contributed by atoms with Gasteiger partial charge in [0.25, 0.3) is 0 Å². The molecular weight excluding hydrogens is 260 g/mol. The number of aryl methyl sites for hydroxylation is 1. The van der Waals surface area contributed by atoms with E-state index in [0.717, 1.165) is 11.3 Å². The van der Waals surface area contributed by atoms with E-state index in [1.165, 1.54) is 23.5 Å². The Hall–Kier alpha value is -2.45. The Labute approximate surface area is 114 Å². The van der Waals surface area contributed by atoms with Gasteiger partial charge < -0.3 is 5.11 Å². The number of benzene rings is 1. The lowest BCUT2D eigenvalue weighted by Gasteiger charge is -1.97. The van der Waals surface area contributed by atoms with Crippen molar-refractivity contribution < 1.29 is 9.90 Å². The summed E-state index contributed by atoms with van der Waals surface area (Å²) in [6, 6.07) is 8.47. The second-order valence-electron chi connectivity index (χ2n) is 3.89. The van der Waals surface area contributed by atoms with E-state index in [9.17, 15) is 4.79 Å². The summed E-state index contributed by atoms with van der Waals surface area (Å²) in [5.74, 6) is -0.966. The highest BCUT2D eigenvalue weighted by molar-refractivity contribution is 7.11. The maximum atomic E-state index is 10.7. The van der Waals surface area contributed by atoms with Crippen LogP contribution in [0.25, 0.3) is 11.6 Å². The molecule has 4 nitrogen and oxygen atoms in total. The number of aromatic nitrogens is 1. The maximum Gasteiger partial charge on any atom is 0.335 e. The van der Waals surface area contributed by atoms with Gasteiger partial charge in [-0.05, 0) is 30.7 Å². The van der Waals surface area contributed by atoms with Crippen LogP contribution in [0, 0.1) is 18.3 Å². The molecule has 0 aliphatic rings. The first-order valence-corrected chi connectivity index (χ1v) is 6.36. The van der Waals surface area contributed by atoms with E-state index in [2.05, 4.69) is 11.1 Å². The number of thiazole rings is 1. The van der Waals surface area contributed by atoms with Crippen LogP contribution in [0.15, 0.2) is 29.6 Å². The molecule has 0 amide bonds. The Bertz CT molecular complexity index is 678. The third-order valence-electron chi connectivity index (χ3n) is 2.44. The van der Waals surface area contributed by atoms with Crippen LogP contribution in [0.1, 0.15) is 26.6 Å². The number of carboxylic acids is 1. The number of rotatable bonds is 3. The lowest BCUT2D eigenvalue weighted by molar-refractivity contribution is 0.0697. The Morgan fingerprint density at radius 2 is 2.11 bits per heavy atom. The van der Waals surface area contributed by atoms with Crippen LogP contribution in [-0.4, -0.2) is 16.1 Å². The molecule has 0 saturated heterocycles. The van der Waals surface area contributed by atoms with Crippen molar-refractivity contribution in [2.45, 2.75) is 6.92 Å². The molecule has 1 heterocycles. The van der Waals surface area contributed by atoms with Crippen molar-refractivity contribution in [3.8, 4) is 6.07 Å². The topological polar surface area (TPSA) is 74.0 Å². The van der Waals surface area contributed by atoms with Gasteiger partial charge in [-0.1, -0.05) is 12.1 Å². The van der Waals surface area contributed by atoms with E-state index in [1.807, 2.05) is 12.3 Å². The molecule has 94 valence electrons. The van der Waals surface area contributed by atoms with Gasteiger partial charge in [-0.3, -0.25) is 0 Å². The van der Waals surface area contributed by atoms with Gasteiger partial charge in [-0.25, -0.2) is 9.78 Å². The lowest BCUT2D eigenvalue weighted by atomic mass is 10.1. The van der Waals surface area contributed by atoms with Crippen LogP contribution in [-0.2, 0) is 0 Å². The van der Waals surface area contributed by atoms with Crippen molar-refractivity contribution in [3.63, 3.8) is 0 Å². The van der Waals surface area contributed by atoms with Gasteiger partial charge in [0.1, 0.15) is 11.1 Å². The molecule has 0 spiro atoms. The molecule has 2 rings (SSSR count). The van der Waals surface area contributed by atoms with Crippen LogP contribution >= 0.6 is 11.3 Å². The van der Waals surface area contributed by atoms with Crippen molar-refractivity contribution in [3.05, 3.63) is 51.5 Å². The molecule has 0 saturated carbocycles. The van der Waals surface area contributed by atoms with Gasteiger partial charge in [-0.2, -0.15) is 5.26 Å². The molecule has 1 aromatic heterocycles. The van der Waals surface area contributed by atoms with Gasteiger partial charge in [0.15, 0.2) is 0 Å². The third-order valence-corrected chi connectivity index (χ3v) is 3.43. The molecule has 0 bridgehead atoms. The summed E-state index contributed by atoms with van der Waals surface area (Å²) in [5, 5.41) is 20.5. The van der Waals surface area contributed by atoms with Gasteiger partial charge in [0.05, 0.1) is 11.1 Å². The quantitative estimate of drug-likeness (QED) is 0.869. The Morgan fingerprint density at radius 3 is 2.58 bits per heavy atom. The van der Waals surface area contributed by atoms with Crippen molar-refractivity contribution >= 4 is 29.0 Å². The molecule has 0 unspecified atom stereocenters. The average molecular weight is 270 g/mol. The van der Waals surface area contributed by atoms with Gasteiger partial charge in [0, 0.05) is 11.1 Å². The first kappa shape index (κ1) is 13.0. The molecule has 0 fully saturated rings. The minimum atomic E-state index is -0.966. The van der Waals surface area contributed by atoms with E-state index >= 15 is 0 Å². The van der Waals surface area contributed by atoms with E-state index in [4.69, 9.17) is 10.4 Å². The normalized spacial score (nSPS) is 11.1. The van der Waals surface area contributed by atoms with Crippen LogP contribution in [0.5, 0.6) is 0 Å². The number of hydrogen-bond acceptors (Lipinski definition) is 4. The van der Waals surface area contributed by atoms with Crippen molar-refractivity contribution in [2.75, 3.05) is 0 Å². The van der Waals surface area contributed by atoms with Gasteiger partial charge in [-0.15, -0.1) is 11.3 Å². The zero-order chi connectivity index (χ0) is 13.8. The van der Waals surface area contributed by atoms with E-state index < -0.39 is 5.97 Å². The predicted molar refractivity (Wildman–Crippen MR) is 73.7 cm³/mol. The minimum absolute atomic E-state index is 0.223. The second-order valence-corrected chi connectivity index (χ2v) is 4.75. The number of hydrogen-bond donors (Lipinski definition) is 1. The number of carbonyl (C=O) groups is 1. The molecule has 1 aromatic carbocycles. The third kappa shape index (κ3) is 3.06. The monoisotopic (exact) mass is 270 g/mol. The lowest BCUT2D eigenvalue weighted by Crippen LogP contribution is -1.94. The van der Waals surface area contributed by atoms with Crippen LogP contribution in [0.3, 0.4) is 0 Å². The standard InChI is InChI=1S/C14H10N2O2S/c1-9-8-19-13(16-9)12(7-15)6-10-2-4-11(5-3-10)14(17)18/h2-6,8H,1H3,(H,17,18)/b12-6-. The summed E-state index contributed by atoms with van der Waals surface area (Å²) in [4.78, 5) is 15.0. The van der Waals surface area contributed by atoms with Crippen LogP contribution in [0.2, 0.25) is 0 Å². The smallest absolute Gasteiger partial charge is 0.335 e. The maximum absolute atomic E-state index is 10.7. The van der Waals surface area contributed by atoms with Crippen molar-refractivity contribution in [1.29, 1.82) is 5.26 Å². The largest absolute Gasteiger partial charge is 0.478 e. The molecule has 5 heteroatoms. The highest BCUT2D eigenvalue weighted by Crippen LogP contribution is 2.21. The molecule has 0 atom stereocenters. The summed E-state index contributed by atoms with van der Waals surface area (Å²) in [7, 11) is 0. The molecular formula is C14H10N2O2S. The summed E-state index contributed by atoms with van der Waals surface area (Å²) < 4.78 is 0. The first-order chi connectivity index (χ1) is 9.10. The van der Waals surface area contributed by atoms with Crippen molar-refractivity contribution in [2.24, 2.45) is 0 Å². The fourth-order valence-corrected chi connectivity index (χ4v) is 2.27. The highest BCUT2D eigenvalue weighted by Gasteiger charge is 2.06. The van der Waals surface area contributed by atoms with Gasteiger partial charge >= 0.3 is 5.97 Å². The number of aromatic carboxylic acids is 1.